The van der Waals surface area contributed by atoms with Crippen molar-refractivity contribution >= 4 is 29.3 Å². The Morgan fingerprint density at radius 1 is 1.53 bits per heavy atom. The SMILES string of the molecule is CSc1cccc(CN(C)C(=O)c2[nH]ncc2Cl)c1. The van der Waals surface area contributed by atoms with E-state index in [1.54, 1.807) is 23.7 Å². The maximum absolute atomic E-state index is 12.2. The summed E-state index contributed by atoms with van der Waals surface area (Å²) in [7, 11) is 1.74. The summed E-state index contributed by atoms with van der Waals surface area (Å²) in [6.07, 6.45) is 3.45. The highest BCUT2D eigenvalue weighted by Gasteiger charge is 2.17. The molecule has 1 aromatic heterocycles. The van der Waals surface area contributed by atoms with Crippen LogP contribution in [0.2, 0.25) is 5.02 Å². The lowest BCUT2D eigenvalue weighted by molar-refractivity contribution is 0.0779. The molecule has 0 atom stereocenters. The lowest BCUT2D eigenvalue weighted by Gasteiger charge is -2.16. The second-order valence-corrected chi connectivity index (χ2v) is 5.39. The number of hydrogen-bond acceptors (Lipinski definition) is 3. The Balaban J connectivity index is 2.10. The van der Waals surface area contributed by atoms with Gasteiger partial charge in [0, 0.05) is 18.5 Å². The molecular weight excluding hydrogens is 282 g/mol. The summed E-state index contributed by atoms with van der Waals surface area (Å²) in [4.78, 5) is 14.9. The van der Waals surface area contributed by atoms with Gasteiger partial charge in [-0.3, -0.25) is 9.89 Å². The van der Waals surface area contributed by atoms with Crippen LogP contribution in [0.5, 0.6) is 0 Å². The maximum atomic E-state index is 12.2. The van der Waals surface area contributed by atoms with Crippen molar-refractivity contribution in [3.63, 3.8) is 0 Å². The molecule has 100 valence electrons. The molecule has 1 aromatic carbocycles. The Bertz CT molecular complexity index is 585. The van der Waals surface area contributed by atoms with Crippen LogP contribution in [0.1, 0.15) is 16.1 Å². The van der Waals surface area contributed by atoms with Crippen molar-refractivity contribution in [1.82, 2.24) is 15.1 Å². The van der Waals surface area contributed by atoms with Crippen LogP contribution < -0.4 is 0 Å². The molecule has 0 unspecified atom stereocenters. The number of carbonyl (C=O) groups excluding carboxylic acids is 1. The molecule has 1 amide bonds. The largest absolute Gasteiger partial charge is 0.336 e. The van der Waals surface area contributed by atoms with E-state index in [0.29, 0.717) is 17.3 Å². The Kier molecular flexibility index (Phi) is 4.50. The van der Waals surface area contributed by atoms with E-state index in [2.05, 4.69) is 16.3 Å². The van der Waals surface area contributed by atoms with Gasteiger partial charge < -0.3 is 4.90 Å². The van der Waals surface area contributed by atoms with Gasteiger partial charge in [0.15, 0.2) is 0 Å². The Morgan fingerprint density at radius 3 is 2.95 bits per heavy atom. The van der Waals surface area contributed by atoms with Gasteiger partial charge in [-0.25, -0.2) is 0 Å². The number of nitrogens with zero attached hydrogens (tertiary/aromatic N) is 2. The fourth-order valence-electron chi connectivity index (χ4n) is 1.73. The number of benzene rings is 1. The number of rotatable bonds is 4. The van der Waals surface area contributed by atoms with E-state index in [1.165, 1.54) is 11.1 Å². The summed E-state index contributed by atoms with van der Waals surface area (Å²) in [5.41, 5.74) is 1.41. The van der Waals surface area contributed by atoms with Crippen LogP contribution >= 0.6 is 23.4 Å². The number of halogens is 1. The zero-order valence-electron chi connectivity index (χ0n) is 10.7. The van der Waals surface area contributed by atoms with Crippen molar-refractivity contribution in [2.45, 2.75) is 11.4 Å². The lowest BCUT2D eigenvalue weighted by atomic mass is 10.2. The third-order valence-electron chi connectivity index (χ3n) is 2.71. The summed E-state index contributed by atoms with van der Waals surface area (Å²) < 4.78 is 0. The van der Waals surface area contributed by atoms with Crippen LogP contribution in [-0.2, 0) is 6.54 Å². The number of nitrogens with one attached hydrogen (secondary N) is 1. The highest BCUT2D eigenvalue weighted by Crippen LogP contribution is 2.18. The topological polar surface area (TPSA) is 49.0 Å². The Labute approximate surface area is 121 Å². The first-order valence-corrected chi connectivity index (χ1v) is 7.29. The van der Waals surface area contributed by atoms with Gasteiger partial charge in [0.2, 0.25) is 0 Å². The molecule has 0 saturated heterocycles. The highest BCUT2D eigenvalue weighted by molar-refractivity contribution is 7.98. The van der Waals surface area contributed by atoms with E-state index in [9.17, 15) is 4.79 Å². The van der Waals surface area contributed by atoms with Crippen LogP contribution in [0.25, 0.3) is 0 Å². The minimum absolute atomic E-state index is 0.169. The molecule has 4 nitrogen and oxygen atoms in total. The molecule has 19 heavy (non-hydrogen) atoms. The number of thioether (sulfide) groups is 1. The molecule has 0 aliphatic carbocycles. The van der Waals surface area contributed by atoms with Gasteiger partial charge in [-0.2, -0.15) is 5.10 Å². The van der Waals surface area contributed by atoms with E-state index < -0.39 is 0 Å². The fraction of sp³-hybridized carbons (Fsp3) is 0.231. The smallest absolute Gasteiger partial charge is 0.273 e. The summed E-state index contributed by atoms with van der Waals surface area (Å²) in [5.74, 6) is -0.169. The number of amides is 1. The molecule has 0 aliphatic heterocycles. The molecule has 1 heterocycles. The van der Waals surface area contributed by atoms with Crippen molar-refractivity contribution in [1.29, 1.82) is 0 Å². The second kappa shape index (κ2) is 6.12. The fourth-order valence-corrected chi connectivity index (χ4v) is 2.38. The molecule has 0 bridgehead atoms. The lowest BCUT2D eigenvalue weighted by Crippen LogP contribution is -2.26. The average Bonchev–Trinajstić information content (AvgIpc) is 2.84. The van der Waals surface area contributed by atoms with Gasteiger partial charge in [0.1, 0.15) is 5.69 Å². The average molecular weight is 296 g/mol. The van der Waals surface area contributed by atoms with Crippen molar-refractivity contribution < 1.29 is 4.79 Å². The standard InChI is InChI=1S/C13H14ClN3OS/c1-17(13(18)12-11(14)7-15-16-12)8-9-4-3-5-10(6-9)19-2/h3-7H,8H2,1-2H3,(H,15,16). The van der Waals surface area contributed by atoms with Crippen LogP contribution in [-0.4, -0.2) is 34.3 Å². The van der Waals surface area contributed by atoms with Gasteiger partial charge in [-0.1, -0.05) is 23.7 Å². The van der Waals surface area contributed by atoms with Crippen LogP contribution in [0.15, 0.2) is 35.4 Å². The molecule has 2 rings (SSSR count). The number of H-pyrrole nitrogens is 1. The van der Waals surface area contributed by atoms with Crippen LogP contribution in [0, 0.1) is 0 Å². The molecule has 6 heteroatoms. The van der Waals surface area contributed by atoms with E-state index in [-0.39, 0.29) is 5.91 Å². The van der Waals surface area contributed by atoms with E-state index in [0.717, 1.165) is 5.56 Å². The quantitative estimate of drug-likeness (QED) is 0.882. The first-order chi connectivity index (χ1) is 9.11. The molecule has 0 aliphatic rings. The third-order valence-corrected chi connectivity index (χ3v) is 3.72. The first kappa shape index (κ1) is 14.0. The van der Waals surface area contributed by atoms with Crippen LogP contribution in [0.3, 0.4) is 0 Å². The van der Waals surface area contributed by atoms with Crippen molar-refractivity contribution in [3.05, 3.63) is 46.7 Å². The predicted molar refractivity (Wildman–Crippen MR) is 77.6 cm³/mol. The Morgan fingerprint density at radius 2 is 2.32 bits per heavy atom. The molecule has 0 radical (unpaired) electrons. The van der Waals surface area contributed by atoms with Gasteiger partial charge in [-0.15, -0.1) is 11.8 Å². The molecule has 2 aromatic rings. The van der Waals surface area contributed by atoms with E-state index in [4.69, 9.17) is 11.6 Å². The Hall–Kier alpha value is -1.46. The van der Waals surface area contributed by atoms with Gasteiger partial charge >= 0.3 is 0 Å². The number of aromatic nitrogens is 2. The molecule has 1 N–H and O–H groups in total. The summed E-state index contributed by atoms with van der Waals surface area (Å²) >= 11 is 7.56. The summed E-state index contributed by atoms with van der Waals surface area (Å²) in [5, 5.41) is 6.71. The summed E-state index contributed by atoms with van der Waals surface area (Å²) in [6.45, 7) is 0.530. The minimum atomic E-state index is -0.169. The van der Waals surface area contributed by atoms with Crippen molar-refractivity contribution in [3.8, 4) is 0 Å². The number of hydrogen-bond donors (Lipinski definition) is 1. The minimum Gasteiger partial charge on any atom is -0.336 e. The molecule has 0 saturated carbocycles. The van der Waals surface area contributed by atoms with Crippen LogP contribution in [0.4, 0.5) is 0 Å². The zero-order valence-corrected chi connectivity index (χ0v) is 12.3. The van der Waals surface area contributed by atoms with E-state index >= 15 is 0 Å². The third kappa shape index (κ3) is 3.30. The van der Waals surface area contributed by atoms with Crippen molar-refractivity contribution in [2.24, 2.45) is 0 Å². The highest BCUT2D eigenvalue weighted by atomic mass is 35.5. The predicted octanol–water partition coefficient (Wildman–Crippen LogP) is 3.06. The number of carbonyl (C=O) groups is 1. The number of aromatic amines is 1. The van der Waals surface area contributed by atoms with Gasteiger partial charge in [0.25, 0.3) is 5.91 Å². The monoisotopic (exact) mass is 295 g/mol. The molecule has 0 spiro atoms. The van der Waals surface area contributed by atoms with E-state index in [1.807, 2.05) is 24.5 Å². The zero-order chi connectivity index (χ0) is 13.8. The second-order valence-electron chi connectivity index (χ2n) is 4.11. The molecule has 0 fully saturated rings. The van der Waals surface area contributed by atoms with Gasteiger partial charge in [0.05, 0.1) is 11.2 Å². The normalized spacial score (nSPS) is 10.5. The summed E-state index contributed by atoms with van der Waals surface area (Å²) in [6, 6.07) is 8.10. The van der Waals surface area contributed by atoms with Crippen molar-refractivity contribution in [2.75, 3.05) is 13.3 Å². The molecular formula is C13H14ClN3OS. The van der Waals surface area contributed by atoms with Gasteiger partial charge in [-0.05, 0) is 24.0 Å². The maximum Gasteiger partial charge on any atom is 0.273 e. The first-order valence-electron chi connectivity index (χ1n) is 5.69.